The van der Waals surface area contributed by atoms with Crippen LogP contribution in [0.2, 0.25) is 0 Å². The predicted molar refractivity (Wildman–Crippen MR) is 139 cm³/mol. The molecule has 8 nitrogen and oxygen atoms in total. The second-order valence-electron chi connectivity index (χ2n) is 7.33. The number of carbonyl (C=O) groups excluding carboxylic acids is 2. The Morgan fingerprint density at radius 3 is 2.40 bits per heavy atom. The summed E-state index contributed by atoms with van der Waals surface area (Å²) >= 11 is 3.44. The largest absolute Gasteiger partial charge is 0.494 e. The molecule has 0 aliphatic rings. The van der Waals surface area contributed by atoms with E-state index in [-0.39, 0.29) is 0 Å². The summed E-state index contributed by atoms with van der Waals surface area (Å²) in [7, 11) is 0. The van der Waals surface area contributed by atoms with Crippen molar-refractivity contribution in [2.45, 2.75) is 6.92 Å². The number of rotatable bonds is 7. The van der Waals surface area contributed by atoms with E-state index < -0.39 is 11.8 Å². The van der Waals surface area contributed by atoms with Gasteiger partial charge in [-0.15, -0.1) is 0 Å². The number of amides is 2. The molecule has 0 saturated carbocycles. The first-order valence-corrected chi connectivity index (χ1v) is 11.6. The number of ether oxygens (including phenoxy) is 1. The van der Waals surface area contributed by atoms with Gasteiger partial charge < -0.3 is 10.1 Å². The molecule has 2 amide bonds. The van der Waals surface area contributed by atoms with Crippen LogP contribution >= 0.6 is 15.9 Å². The summed E-state index contributed by atoms with van der Waals surface area (Å²) < 4.78 is 8.05. The van der Waals surface area contributed by atoms with Gasteiger partial charge in [-0.05, 0) is 55.5 Å². The van der Waals surface area contributed by atoms with Gasteiger partial charge in [0.2, 0.25) is 0 Å². The highest BCUT2D eigenvalue weighted by Crippen LogP contribution is 2.24. The van der Waals surface area contributed by atoms with E-state index in [0.29, 0.717) is 29.3 Å². The van der Waals surface area contributed by atoms with Crippen molar-refractivity contribution < 1.29 is 14.3 Å². The van der Waals surface area contributed by atoms with Crippen molar-refractivity contribution in [1.29, 1.82) is 0 Å². The van der Waals surface area contributed by atoms with Crippen LogP contribution in [0.1, 0.15) is 12.5 Å². The minimum Gasteiger partial charge on any atom is -0.494 e. The average Bonchev–Trinajstić information content (AvgIpc) is 3.30. The normalized spacial score (nSPS) is 10.8. The van der Waals surface area contributed by atoms with Crippen molar-refractivity contribution >= 4 is 39.6 Å². The molecular weight excluding hydrogens is 510 g/mol. The van der Waals surface area contributed by atoms with E-state index in [4.69, 9.17) is 9.84 Å². The van der Waals surface area contributed by atoms with Crippen molar-refractivity contribution in [3.05, 3.63) is 95.1 Å². The molecule has 0 aliphatic heterocycles. The van der Waals surface area contributed by atoms with Gasteiger partial charge in [0.1, 0.15) is 11.4 Å². The summed E-state index contributed by atoms with van der Waals surface area (Å²) in [6.07, 6.45) is 3.27. The quantitative estimate of drug-likeness (QED) is 0.203. The van der Waals surface area contributed by atoms with Gasteiger partial charge in [0.15, 0.2) is 0 Å². The van der Waals surface area contributed by atoms with E-state index in [9.17, 15) is 9.59 Å². The molecule has 35 heavy (non-hydrogen) atoms. The van der Waals surface area contributed by atoms with Gasteiger partial charge in [-0.3, -0.25) is 9.59 Å². The third-order valence-electron chi connectivity index (χ3n) is 4.88. The smallest absolute Gasteiger partial charge is 0.329 e. The number of para-hydroxylation sites is 1. The lowest BCUT2D eigenvalue weighted by Gasteiger charge is -2.06. The lowest BCUT2D eigenvalue weighted by molar-refractivity contribution is -0.136. The molecular formula is C26H22BrN5O3. The fourth-order valence-corrected chi connectivity index (χ4v) is 3.49. The predicted octanol–water partition coefficient (Wildman–Crippen LogP) is 4.79. The summed E-state index contributed by atoms with van der Waals surface area (Å²) in [6, 6.07) is 24.1. The maximum atomic E-state index is 12.2. The number of halogens is 1. The van der Waals surface area contributed by atoms with Crippen molar-refractivity contribution in [1.82, 2.24) is 15.2 Å². The number of nitrogens with one attached hydrogen (secondary N) is 2. The third kappa shape index (κ3) is 6.21. The fraction of sp³-hybridized carbons (Fsp3) is 0.0769. The van der Waals surface area contributed by atoms with Crippen LogP contribution in [0.4, 0.5) is 5.69 Å². The van der Waals surface area contributed by atoms with Crippen LogP contribution < -0.4 is 15.5 Å². The molecule has 1 aromatic heterocycles. The number of benzene rings is 3. The molecule has 4 aromatic rings. The number of hydrogen-bond donors (Lipinski definition) is 2. The molecule has 4 rings (SSSR count). The van der Waals surface area contributed by atoms with Crippen LogP contribution in [-0.4, -0.2) is 34.4 Å². The third-order valence-corrected chi connectivity index (χ3v) is 5.41. The summed E-state index contributed by atoms with van der Waals surface area (Å²) in [4.78, 5) is 24.5. The summed E-state index contributed by atoms with van der Waals surface area (Å²) in [5.41, 5.74) is 5.85. The number of nitrogens with zero attached hydrogens (tertiary/aromatic N) is 3. The SMILES string of the molecule is CCOc1ccc(NC(=O)C(=O)N/N=C/c2cn(-c3ccccc3)nc2-c2ccc(Br)cc2)cc1. The first-order chi connectivity index (χ1) is 17.0. The Morgan fingerprint density at radius 1 is 1.00 bits per heavy atom. The molecule has 0 spiro atoms. The van der Waals surface area contributed by atoms with Crippen LogP contribution in [0.5, 0.6) is 5.75 Å². The van der Waals surface area contributed by atoms with Gasteiger partial charge in [-0.1, -0.05) is 46.3 Å². The Balaban J connectivity index is 1.48. The summed E-state index contributed by atoms with van der Waals surface area (Å²) in [6.45, 7) is 2.43. The Labute approximate surface area is 210 Å². The first kappa shape index (κ1) is 23.9. The Hall–Kier alpha value is -4.24. The van der Waals surface area contributed by atoms with E-state index in [0.717, 1.165) is 15.7 Å². The van der Waals surface area contributed by atoms with E-state index in [1.54, 1.807) is 28.9 Å². The minimum absolute atomic E-state index is 0.472. The number of aromatic nitrogens is 2. The number of hydrazone groups is 1. The number of anilines is 1. The van der Waals surface area contributed by atoms with Gasteiger partial charge in [0.25, 0.3) is 0 Å². The van der Waals surface area contributed by atoms with Gasteiger partial charge in [0.05, 0.1) is 18.5 Å². The van der Waals surface area contributed by atoms with Crippen molar-refractivity contribution in [3.8, 4) is 22.7 Å². The number of hydrogen-bond acceptors (Lipinski definition) is 5. The monoisotopic (exact) mass is 531 g/mol. The minimum atomic E-state index is -0.893. The van der Waals surface area contributed by atoms with E-state index in [2.05, 4.69) is 31.8 Å². The summed E-state index contributed by atoms with van der Waals surface area (Å²) in [5, 5.41) is 11.2. The van der Waals surface area contributed by atoms with Crippen molar-refractivity contribution in [2.75, 3.05) is 11.9 Å². The molecule has 0 bridgehead atoms. The zero-order chi connectivity index (χ0) is 24.6. The van der Waals surface area contributed by atoms with Crippen LogP contribution in [-0.2, 0) is 9.59 Å². The lowest BCUT2D eigenvalue weighted by Crippen LogP contribution is -2.32. The Bertz CT molecular complexity index is 1330. The lowest BCUT2D eigenvalue weighted by atomic mass is 10.1. The Morgan fingerprint density at radius 2 is 1.71 bits per heavy atom. The van der Waals surface area contributed by atoms with Gasteiger partial charge in [-0.25, -0.2) is 10.1 Å². The first-order valence-electron chi connectivity index (χ1n) is 10.8. The summed E-state index contributed by atoms with van der Waals surface area (Å²) in [5.74, 6) is -1.05. The molecule has 0 saturated heterocycles. The van der Waals surface area contributed by atoms with Crippen LogP contribution in [0.25, 0.3) is 16.9 Å². The molecule has 176 valence electrons. The molecule has 2 N–H and O–H groups in total. The zero-order valence-corrected chi connectivity index (χ0v) is 20.4. The molecule has 0 radical (unpaired) electrons. The van der Waals surface area contributed by atoms with Crippen LogP contribution in [0.3, 0.4) is 0 Å². The maximum absolute atomic E-state index is 12.2. The van der Waals surface area contributed by atoms with E-state index >= 15 is 0 Å². The molecule has 1 heterocycles. The maximum Gasteiger partial charge on any atom is 0.329 e. The standard InChI is InChI=1S/C26H22BrN5O3/c1-2-35-23-14-12-21(13-15-23)29-25(33)26(34)30-28-16-19-17-32(22-6-4-3-5-7-22)31-24(19)18-8-10-20(27)11-9-18/h3-17H,2H2,1H3,(H,29,33)(H,30,34)/b28-16+. The highest BCUT2D eigenvalue weighted by atomic mass is 79.9. The van der Waals surface area contributed by atoms with Crippen LogP contribution in [0.15, 0.2) is 94.6 Å². The van der Waals surface area contributed by atoms with Gasteiger partial charge in [-0.2, -0.15) is 10.2 Å². The van der Waals surface area contributed by atoms with Crippen molar-refractivity contribution in [3.63, 3.8) is 0 Å². The number of carbonyl (C=O) groups is 2. The molecule has 0 fully saturated rings. The second-order valence-corrected chi connectivity index (χ2v) is 8.25. The fourth-order valence-electron chi connectivity index (χ4n) is 3.23. The van der Waals surface area contributed by atoms with Crippen molar-refractivity contribution in [2.24, 2.45) is 5.10 Å². The molecule has 0 unspecified atom stereocenters. The molecule has 0 aliphatic carbocycles. The topological polar surface area (TPSA) is 97.6 Å². The highest BCUT2D eigenvalue weighted by Gasteiger charge is 2.14. The van der Waals surface area contributed by atoms with E-state index in [1.807, 2.05) is 67.7 Å². The van der Waals surface area contributed by atoms with Gasteiger partial charge in [0, 0.05) is 27.5 Å². The highest BCUT2D eigenvalue weighted by molar-refractivity contribution is 9.10. The second kappa shape index (κ2) is 11.3. The van der Waals surface area contributed by atoms with E-state index in [1.165, 1.54) is 6.21 Å². The van der Waals surface area contributed by atoms with Gasteiger partial charge >= 0.3 is 11.8 Å². The average molecular weight is 532 g/mol. The molecule has 9 heteroatoms. The Kier molecular flexibility index (Phi) is 7.69. The molecule has 0 atom stereocenters. The van der Waals surface area contributed by atoms with Crippen LogP contribution in [0, 0.1) is 0 Å². The zero-order valence-electron chi connectivity index (χ0n) is 18.8. The molecule has 3 aromatic carbocycles.